The molecule has 7 heteroatoms. The standard InChI is InChI=1S/C24H29FN4O2/c1-2-15-3-5-16(6-4-15)13-22(23-27-20-12-7-17(25)14-21(20)28-23)29-24(31)26-18-8-10-19(30)11-9-18/h3-7,12,14,18-19,22,30H,2,8-11,13H2,1H3,(H,27,28)(H2,26,29,31)/t18?,19?,22-/m1/s1. The summed E-state index contributed by atoms with van der Waals surface area (Å²) in [5, 5.41) is 15.7. The molecule has 0 aliphatic heterocycles. The van der Waals surface area contributed by atoms with E-state index in [2.05, 4.69) is 51.8 Å². The van der Waals surface area contributed by atoms with Gasteiger partial charge in [-0.05, 0) is 61.8 Å². The molecule has 0 unspecified atom stereocenters. The summed E-state index contributed by atoms with van der Waals surface area (Å²) in [7, 11) is 0. The molecular formula is C24H29FN4O2. The Kier molecular flexibility index (Phi) is 6.51. The summed E-state index contributed by atoms with van der Waals surface area (Å²) in [6.07, 6.45) is 4.19. The molecule has 4 rings (SSSR count). The van der Waals surface area contributed by atoms with Crippen molar-refractivity contribution in [3.05, 3.63) is 65.2 Å². The van der Waals surface area contributed by atoms with E-state index in [4.69, 9.17) is 0 Å². The first-order chi connectivity index (χ1) is 15.0. The number of aryl methyl sites for hydroxylation is 1. The number of benzene rings is 2. The predicted molar refractivity (Wildman–Crippen MR) is 118 cm³/mol. The second kappa shape index (κ2) is 9.47. The van der Waals surface area contributed by atoms with Crippen LogP contribution in [0.5, 0.6) is 0 Å². The highest BCUT2D eigenvalue weighted by molar-refractivity contribution is 5.76. The van der Waals surface area contributed by atoms with Gasteiger partial charge < -0.3 is 20.7 Å². The lowest BCUT2D eigenvalue weighted by molar-refractivity contribution is 0.117. The first-order valence-corrected chi connectivity index (χ1v) is 11.0. The number of carbonyl (C=O) groups excluding carboxylic acids is 1. The van der Waals surface area contributed by atoms with E-state index in [-0.39, 0.29) is 24.0 Å². The van der Waals surface area contributed by atoms with Crippen LogP contribution in [-0.2, 0) is 12.8 Å². The summed E-state index contributed by atoms with van der Waals surface area (Å²) < 4.78 is 13.6. The van der Waals surface area contributed by atoms with Gasteiger partial charge in [0.15, 0.2) is 0 Å². The van der Waals surface area contributed by atoms with E-state index in [1.165, 1.54) is 17.7 Å². The zero-order valence-corrected chi connectivity index (χ0v) is 17.7. The summed E-state index contributed by atoms with van der Waals surface area (Å²) in [6, 6.07) is 12.1. The van der Waals surface area contributed by atoms with Gasteiger partial charge in [0, 0.05) is 12.1 Å². The van der Waals surface area contributed by atoms with Crippen molar-refractivity contribution in [1.82, 2.24) is 20.6 Å². The maximum atomic E-state index is 13.6. The van der Waals surface area contributed by atoms with E-state index in [1.807, 2.05) is 0 Å². The number of imidazole rings is 1. The van der Waals surface area contributed by atoms with Gasteiger partial charge in [-0.1, -0.05) is 31.2 Å². The highest BCUT2D eigenvalue weighted by atomic mass is 19.1. The van der Waals surface area contributed by atoms with Gasteiger partial charge in [-0.15, -0.1) is 0 Å². The Balaban J connectivity index is 1.52. The third-order valence-corrected chi connectivity index (χ3v) is 6.00. The van der Waals surface area contributed by atoms with Crippen LogP contribution in [0.15, 0.2) is 42.5 Å². The summed E-state index contributed by atoms with van der Waals surface area (Å²) in [4.78, 5) is 20.5. The topological polar surface area (TPSA) is 90.0 Å². The van der Waals surface area contributed by atoms with Gasteiger partial charge in [-0.3, -0.25) is 0 Å². The fourth-order valence-corrected chi connectivity index (χ4v) is 4.13. The Labute approximate surface area is 181 Å². The quantitative estimate of drug-likeness (QED) is 0.479. The number of aromatic nitrogens is 2. The van der Waals surface area contributed by atoms with E-state index in [0.29, 0.717) is 30.6 Å². The zero-order chi connectivity index (χ0) is 21.8. The Morgan fingerprint density at radius 2 is 1.87 bits per heavy atom. The molecule has 1 aromatic heterocycles. The minimum atomic E-state index is -0.392. The molecule has 1 saturated carbocycles. The molecule has 31 heavy (non-hydrogen) atoms. The smallest absolute Gasteiger partial charge is 0.315 e. The van der Waals surface area contributed by atoms with Gasteiger partial charge in [0.05, 0.1) is 23.2 Å². The Hall–Kier alpha value is -2.93. The van der Waals surface area contributed by atoms with Crippen LogP contribution in [0.2, 0.25) is 0 Å². The number of rotatable bonds is 6. The number of nitrogens with one attached hydrogen (secondary N) is 3. The Morgan fingerprint density at radius 1 is 1.16 bits per heavy atom. The van der Waals surface area contributed by atoms with Crippen molar-refractivity contribution in [3.63, 3.8) is 0 Å². The third kappa shape index (κ3) is 5.41. The van der Waals surface area contributed by atoms with Gasteiger partial charge in [0.1, 0.15) is 11.6 Å². The average Bonchev–Trinajstić information content (AvgIpc) is 3.18. The van der Waals surface area contributed by atoms with Crippen LogP contribution >= 0.6 is 0 Å². The van der Waals surface area contributed by atoms with Gasteiger partial charge in [-0.2, -0.15) is 0 Å². The number of fused-ring (bicyclic) bond motifs is 1. The number of H-pyrrole nitrogens is 1. The average molecular weight is 425 g/mol. The number of nitrogens with zero attached hydrogens (tertiary/aromatic N) is 1. The fraction of sp³-hybridized carbons (Fsp3) is 0.417. The Bertz CT molecular complexity index is 1030. The van der Waals surface area contributed by atoms with Crippen LogP contribution in [-0.4, -0.2) is 33.3 Å². The van der Waals surface area contributed by atoms with Crippen molar-refractivity contribution in [2.24, 2.45) is 0 Å². The largest absolute Gasteiger partial charge is 0.393 e. The number of hydrogen-bond donors (Lipinski definition) is 4. The summed E-state index contributed by atoms with van der Waals surface area (Å²) >= 11 is 0. The lowest BCUT2D eigenvalue weighted by atomic mass is 9.93. The SMILES string of the molecule is CCc1ccc(C[C@@H](NC(=O)NC2CCC(O)CC2)c2nc3cc(F)ccc3[nH]2)cc1. The first kappa shape index (κ1) is 21.3. The van der Waals surface area contributed by atoms with Crippen LogP contribution in [0.1, 0.15) is 55.6 Å². The van der Waals surface area contributed by atoms with E-state index < -0.39 is 6.04 Å². The molecule has 3 aromatic rings. The second-order valence-electron chi connectivity index (χ2n) is 8.33. The molecule has 1 aliphatic carbocycles. The Morgan fingerprint density at radius 3 is 2.58 bits per heavy atom. The van der Waals surface area contributed by atoms with Crippen LogP contribution in [0, 0.1) is 5.82 Å². The molecule has 0 spiro atoms. The number of aliphatic hydroxyl groups is 1. The maximum absolute atomic E-state index is 13.6. The lowest BCUT2D eigenvalue weighted by Crippen LogP contribution is -2.45. The van der Waals surface area contributed by atoms with Crippen LogP contribution in [0.25, 0.3) is 11.0 Å². The number of hydrogen-bond acceptors (Lipinski definition) is 3. The number of aromatic amines is 1. The number of aliphatic hydroxyl groups excluding tert-OH is 1. The molecule has 0 saturated heterocycles. The zero-order valence-electron chi connectivity index (χ0n) is 17.7. The molecule has 1 fully saturated rings. The van der Waals surface area contributed by atoms with Gasteiger partial charge in [-0.25, -0.2) is 14.2 Å². The summed E-state index contributed by atoms with van der Waals surface area (Å²) in [5.41, 5.74) is 3.59. The van der Waals surface area contributed by atoms with Crippen molar-refractivity contribution >= 4 is 17.1 Å². The minimum absolute atomic E-state index is 0.0534. The molecule has 164 valence electrons. The molecule has 2 amide bonds. The van der Waals surface area contributed by atoms with E-state index in [9.17, 15) is 14.3 Å². The number of urea groups is 1. The molecule has 1 atom stereocenters. The lowest BCUT2D eigenvalue weighted by Gasteiger charge is -2.27. The minimum Gasteiger partial charge on any atom is -0.393 e. The van der Waals surface area contributed by atoms with E-state index in [0.717, 1.165) is 30.3 Å². The molecular weight excluding hydrogens is 395 g/mol. The van der Waals surface area contributed by atoms with E-state index >= 15 is 0 Å². The normalized spacial score (nSPS) is 19.8. The van der Waals surface area contributed by atoms with Crippen molar-refractivity contribution in [2.75, 3.05) is 0 Å². The van der Waals surface area contributed by atoms with Crippen molar-refractivity contribution in [3.8, 4) is 0 Å². The van der Waals surface area contributed by atoms with Crippen LogP contribution in [0.4, 0.5) is 9.18 Å². The molecule has 4 N–H and O–H groups in total. The van der Waals surface area contributed by atoms with Crippen molar-refractivity contribution in [1.29, 1.82) is 0 Å². The first-order valence-electron chi connectivity index (χ1n) is 11.0. The van der Waals surface area contributed by atoms with E-state index in [1.54, 1.807) is 6.07 Å². The van der Waals surface area contributed by atoms with Crippen molar-refractivity contribution in [2.45, 2.75) is 63.6 Å². The monoisotopic (exact) mass is 424 g/mol. The molecule has 0 bridgehead atoms. The number of amides is 2. The van der Waals surface area contributed by atoms with Gasteiger partial charge in [0.2, 0.25) is 0 Å². The highest BCUT2D eigenvalue weighted by Gasteiger charge is 2.24. The number of carbonyl (C=O) groups is 1. The second-order valence-corrected chi connectivity index (χ2v) is 8.33. The third-order valence-electron chi connectivity index (χ3n) is 6.00. The molecule has 6 nitrogen and oxygen atoms in total. The van der Waals surface area contributed by atoms with Gasteiger partial charge in [0.25, 0.3) is 0 Å². The number of halogens is 1. The molecule has 0 radical (unpaired) electrons. The maximum Gasteiger partial charge on any atom is 0.315 e. The molecule has 1 aliphatic rings. The van der Waals surface area contributed by atoms with Gasteiger partial charge >= 0.3 is 6.03 Å². The molecule has 1 heterocycles. The fourth-order valence-electron chi connectivity index (χ4n) is 4.13. The van der Waals surface area contributed by atoms with Crippen LogP contribution < -0.4 is 10.6 Å². The highest BCUT2D eigenvalue weighted by Crippen LogP contribution is 2.22. The molecule has 2 aromatic carbocycles. The van der Waals surface area contributed by atoms with Crippen molar-refractivity contribution < 1.29 is 14.3 Å². The summed E-state index contributed by atoms with van der Waals surface area (Å²) in [5.74, 6) is 0.247. The predicted octanol–water partition coefficient (Wildman–Crippen LogP) is 4.15. The van der Waals surface area contributed by atoms with Crippen LogP contribution in [0.3, 0.4) is 0 Å². The summed E-state index contributed by atoms with van der Waals surface area (Å²) in [6.45, 7) is 2.11.